The van der Waals surface area contributed by atoms with Crippen LogP contribution in [0.4, 0.5) is 9.18 Å². The Morgan fingerprint density at radius 1 is 1.27 bits per heavy atom. The topological polar surface area (TPSA) is 63.1 Å². The van der Waals surface area contributed by atoms with E-state index in [1.165, 1.54) is 12.1 Å². The van der Waals surface area contributed by atoms with Gasteiger partial charge in [-0.1, -0.05) is 12.1 Å². The molecule has 1 aromatic heterocycles. The van der Waals surface area contributed by atoms with E-state index in [4.69, 9.17) is 0 Å². The number of piperidine rings is 1. The summed E-state index contributed by atoms with van der Waals surface area (Å²) in [5.74, 6) is 1.28. The number of urea groups is 1. The standard InChI is InChI=1S/C19H26FN5O/c1-14(2)25-13-22-23-18(25)11-15-7-9-24(10-8-15)19(26)21-12-16-3-5-17(20)6-4-16/h3-6,13-15H,7-12H2,1-2H3,(H,21,26). The molecule has 1 saturated heterocycles. The van der Waals surface area contributed by atoms with E-state index in [0.717, 1.165) is 43.7 Å². The molecular weight excluding hydrogens is 333 g/mol. The normalized spacial score (nSPS) is 15.5. The minimum absolute atomic E-state index is 0.0573. The Bertz CT molecular complexity index is 720. The zero-order chi connectivity index (χ0) is 18.5. The number of halogens is 1. The first kappa shape index (κ1) is 18.4. The highest BCUT2D eigenvalue weighted by molar-refractivity contribution is 5.74. The maximum Gasteiger partial charge on any atom is 0.317 e. The molecule has 26 heavy (non-hydrogen) atoms. The van der Waals surface area contributed by atoms with Crippen molar-refractivity contribution in [2.75, 3.05) is 13.1 Å². The third kappa shape index (κ3) is 4.59. The van der Waals surface area contributed by atoms with Crippen molar-refractivity contribution in [1.82, 2.24) is 25.0 Å². The Morgan fingerprint density at radius 3 is 2.62 bits per heavy atom. The van der Waals surface area contributed by atoms with Gasteiger partial charge in [-0.2, -0.15) is 0 Å². The second-order valence-corrected chi connectivity index (χ2v) is 7.17. The second-order valence-electron chi connectivity index (χ2n) is 7.17. The first-order chi connectivity index (χ1) is 12.5. The van der Waals surface area contributed by atoms with Crippen LogP contribution in [0.15, 0.2) is 30.6 Å². The first-order valence-corrected chi connectivity index (χ1v) is 9.18. The maximum absolute atomic E-state index is 12.9. The Kier molecular flexibility index (Phi) is 5.85. The van der Waals surface area contributed by atoms with Gasteiger partial charge >= 0.3 is 6.03 Å². The van der Waals surface area contributed by atoms with Crippen molar-refractivity contribution < 1.29 is 9.18 Å². The molecule has 0 aliphatic carbocycles. The van der Waals surface area contributed by atoms with Crippen LogP contribution in [-0.4, -0.2) is 38.8 Å². The number of nitrogens with zero attached hydrogens (tertiary/aromatic N) is 4. The summed E-state index contributed by atoms with van der Waals surface area (Å²) < 4.78 is 15.0. The van der Waals surface area contributed by atoms with Crippen LogP contribution in [0, 0.1) is 11.7 Å². The average molecular weight is 359 g/mol. The summed E-state index contributed by atoms with van der Waals surface area (Å²) in [7, 11) is 0. The van der Waals surface area contributed by atoms with Crippen molar-refractivity contribution in [2.24, 2.45) is 5.92 Å². The molecule has 1 fully saturated rings. The summed E-state index contributed by atoms with van der Waals surface area (Å²) >= 11 is 0. The zero-order valence-electron chi connectivity index (χ0n) is 15.4. The molecule has 1 aromatic carbocycles. The van der Waals surface area contributed by atoms with E-state index >= 15 is 0 Å². The van der Waals surface area contributed by atoms with Crippen molar-refractivity contribution >= 4 is 6.03 Å². The number of likely N-dealkylation sites (tertiary alicyclic amines) is 1. The van der Waals surface area contributed by atoms with Crippen LogP contribution < -0.4 is 5.32 Å². The SMILES string of the molecule is CC(C)n1cnnc1CC1CCN(C(=O)NCc2ccc(F)cc2)CC1. The van der Waals surface area contributed by atoms with E-state index in [9.17, 15) is 9.18 Å². The minimum atomic E-state index is -0.268. The Morgan fingerprint density at radius 2 is 1.96 bits per heavy atom. The molecule has 1 aliphatic rings. The molecule has 0 saturated carbocycles. The first-order valence-electron chi connectivity index (χ1n) is 9.18. The molecule has 1 aliphatic heterocycles. The molecule has 0 unspecified atom stereocenters. The Balaban J connectivity index is 1.45. The van der Waals surface area contributed by atoms with Gasteiger partial charge in [-0.3, -0.25) is 0 Å². The zero-order valence-corrected chi connectivity index (χ0v) is 15.4. The quantitative estimate of drug-likeness (QED) is 0.892. The van der Waals surface area contributed by atoms with Gasteiger partial charge in [0.2, 0.25) is 0 Å². The number of aromatic nitrogens is 3. The maximum atomic E-state index is 12.9. The molecule has 140 valence electrons. The summed E-state index contributed by atoms with van der Waals surface area (Å²) in [6.45, 7) is 6.16. The van der Waals surface area contributed by atoms with E-state index in [1.807, 2.05) is 4.90 Å². The van der Waals surface area contributed by atoms with Crippen molar-refractivity contribution in [3.8, 4) is 0 Å². The highest BCUT2D eigenvalue weighted by Crippen LogP contribution is 2.22. The molecule has 0 radical (unpaired) electrons. The van der Waals surface area contributed by atoms with Crippen molar-refractivity contribution in [3.05, 3.63) is 47.8 Å². The molecule has 0 spiro atoms. The van der Waals surface area contributed by atoms with E-state index in [0.29, 0.717) is 18.5 Å². The summed E-state index contributed by atoms with van der Waals surface area (Å²) in [6, 6.07) is 6.49. The summed E-state index contributed by atoms with van der Waals surface area (Å²) in [4.78, 5) is 14.2. The van der Waals surface area contributed by atoms with Gasteiger partial charge in [0.25, 0.3) is 0 Å². The predicted molar refractivity (Wildman–Crippen MR) is 97.0 cm³/mol. The summed E-state index contributed by atoms with van der Waals surface area (Å²) in [5, 5.41) is 11.2. The molecule has 7 heteroatoms. The van der Waals surface area contributed by atoms with Crippen LogP contribution in [0.1, 0.15) is 44.1 Å². The van der Waals surface area contributed by atoms with Gasteiger partial charge in [-0.15, -0.1) is 10.2 Å². The number of hydrogen-bond acceptors (Lipinski definition) is 3. The number of carbonyl (C=O) groups excluding carboxylic acids is 1. The third-order valence-electron chi connectivity index (χ3n) is 4.93. The fraction of sp³-hybridized carbons (Fsp3) is 0.526. The lowest BCUT2D eigenvalue weighted by Gasteiger charge is -2.32. The number of amides is 2. The molecular formula is C19H26FN5O. The Labute approximate surface area is 153 Å². The summed E-state index contributed by atoms with van der Waals surface area (Å²) in [6.07, 6.45) is 4.63. The monoisotopic (exact) mass is 359 g/mol. The minimum Gasteiger partial charge on any atom is -0.334 e. The van der Waals surface area contributed by atoms with E-state index in [1.54, 1.807) is 18.5 Å². The predicted octanol–water partition coefficient (Wildman–Crippen LogP) is 3.16. The van der Waals surface area contributed by atoms with Gasteiger partial charge in [0.1, 0.15) is 18.0 Å². The molecule has 3 rings (SSSR count). The molecule has 0 atom stereocenters. The second kappa shape index (κ2) is 8.29. The van der Waals surface area contributed by atoms with E-state index < -0.39 is 0 Å². The van der Waals surface area contributed by atoms with Crippen molar-refractivity contribution in [3.63, 3.8) is 0 Å². The average Bonchev–Trinajstić information content (AvgIpc) is 3.10. The highest BCUT2D eigenvalue weighted by atomic mass is 19.1. The Hall–Kier alpha value is -2.44. The van der Waals surface area contributed by atoms with Crippen LogP contribution in [0.25, 0.3) is 0 Å². The molecule has 2 amide bonds. The third-order valence-corrected chi connectivity index (χ3v) is 4.93. The van der Waals surface area contributed by atoms with Gasteiger partial charge in [-0.25, -0.2) is 9.18 Å². The number of carbonyl (C=O) groups is 1. The molecule has 6 nitrogen and oxygen atoms in total. The van der Waals surface area contributed by atoms with Gasteiger partial charge in [0, 0.05) is 32.1 Å². The lowest BCUT2D eigenvalue weighted by atomic mass is 9.93. The molecule has 2 heterocycles. The van der Waals surface area contributed by atoms with Crippen molar-refractivity contribution in [2.45, 2.75) is 45.7 Å². The van der Waals surface area contributed by atoms with Crippen LogP contribution in [0.2, 0.25) is 0 Å². The number of benzene rings is 1. The number of hydrogen-bond donors (Lipinski definition) is 1. The molecule has 0 bridgehead atoms. The van der Waals surface area contributed by atoms with Gasteiger partial charge in [0.15, 0.2) is 0 Å². The van der Waals surface area contributed by atoms with Crippen LogP contribution >= 0.6 is 0 Å². The lowest BCUT2D eigenvalue weighted by Crippen LogP contribution is -2.44. The van der Waals surface area contributed by atoms with Gasteiger partial charge in [-0.05, 0) is 50.3 Å². The molecule has 1 N–H and O–H groups in total. The smallest absolute Gasteiger partial charge is 0.317 e. The van der Waals surface area contributed by atoms with Crippen molar-refractivity contribution in [1.29, 1.82) is 0 Å². The summed E-state index contributed by atoms with van der Waals surface area (Å²) in [5.41, 5.74) is 0.891. The van der Waals surface area contributed by atoms with Crippen LogP contribution in [0.3, 0.4) is 0 Å². The van der Waals surface area contributed by atoms with Gasteiger partial charge < -0.3 is 14.8 Å². The fourth-order valence-corrected chi connectivity index (χ4v) is 3.33. The fourth-order valence-electron chi connectivity index (χ4n) is 3.33. The largest absolute Gasteiger partial charge is 0.334 e. The van der Waals surface area contributed by atoms with Crippen LogP contribution in [0.5, 0.6) is 0 Å². The highest BCUT2D eigenvalue weighted by Gasteiger charge is 2.24. The number of rotatable bonds is 5. The molecule has 2 aromatic rings. The van der Waals surface area contributed by atoms with E-state index in [-0.39, 0.29) is 11.8 Å². The van der Waals surface area contributed by atoms with Gasteiger partial charge in [0.05, 0.1) is 0 Å². The lowest BCUT2D eigenvalue weighted by molar-refractivity contribution is 0.169. The van der Waals surface area contributed by atoms with Crippen LogP contribution in [-0.2, 0) is 13.0 Å². The van der Waals surface area contributed by atoms with E-state index in [2.05, 4.69) is 33.9 Å². The number of nitrogens with one attached hydrogen (secondary N) is 1.